The maximum absolute atomic E-state index is 7.22. The van der Waals surface area contributed by atoms with Gasteiger partial charge in [0.1, 0.15) is 5.82 Å². The van der Waals surface area contributed by atoms with Crippen LogP contribution in [0.2, 0.25) is 5.02 Å². The van der Waals surface area contributed by atoms with Gasteiger partial charge in [0, 0.05) is 28.4 Å². The summed E-state index contributed by atoms with van der Waals surface area (Å²) in [6, 6.07) is 1.39. The van der Waals surface area contributed by atoms with Crippen LogP contribution in [0.15, 0.2) is 17.2 Å². The standard InChI is InChI=1S/C7H9ClN2S.Na/c1-10(2)7-6(8)5(11)3-4-9-7;/h3-4H,1-2H3,(H,9,11);/q;+1/p-1/i1D3,2D3;. The van der Waals surface area contributed by atoms with E-state index in [1.54, 1.807) is 0 Å². The van der Waals surface area contributed by atoms with Crippen LogP contribution >= 0.6 is 11.6 Å². The van der Waals surface area contributed by atoms with E-state index in [-0.39, 0.29) is 50.2 Å². The molecule has 0 bridgehead atoms. The Hall–Kier alpha value is 0.460. The van der Waals surface area contributed by atoms with E-state index >= 15 is 0 Å². The molecule has 0 spiro atoms. The number of anilines is 1. The minimum atomic E-state index is -2.88. The van der Waals surface area contributed by atoms with Crippen molar-refractivity contribution in [3.63, 3.8) is 0 Å². The monoisotopic (exact) mass is 216 g/mol. The Labute approximate surface area is 113 Å². The Morgan fingerprint density at radius 3 is 2.92 bits per heavy atom. The van der Waals surface area contributed by atoms with Gasteiger partial charge in [-0.25, -0.2) is 4.98 Å². The Bertz CT molecular complexity index is 409. The van der Waals surface area contributed by atoms with Gasteiger partial charge in [-0.1, -0.05) is 17.7 Å². The third kappa shape index (κ3) is 2.75. The largest absolute Gasteiger partial charge is 1.00 e. The Kier molecular flexibility index (Phi) is 2.35. The van der Waals surface area contributed by atoms with Gasteiger partial charge < -0.3 is 17.5 Å². The van der Waals surface area contributed by atoms with Crippen LogP contribution in [0, 0.1) is 0 Å². The number of aromatic nitrogens is 1. The molecule has 0 radical (unpaired) electrons. The molecule has 1 aromatic rings. The van der Waals surface area contributed by atoms with E-state index in [1.807, 2.05) is 0 Å². The Morgan fingerprint density at radius 2 is 2.33 bits per heavy atom. The van der Waals surface area contributed by atoms with E-state index in [0.29, 0.717) is 0 Å². The first-order valence-electron chi connectivity index (χ1n) is 5.67. The fourth-order valence-corrected chi connectivity index (χ4v) is 0.920. The van der Waals surface area contributed by atoms with Gasteiger partial charge in [0.2, 0.25) is 0 Å². The van der Waals surface area contributed by atoms with E-state index in [2.05, 4.69) is 4.98 Å². The molecule has 0 amide bonds. The van der Waals surface area contributed by atoms with Crippen LogP contribution in [0.3, 0.4) is 0 Å². The molecular formula is C7H8ClN2NaS. The van der Waals surface area contributed by atoms with Crippen molar-refractivity contribution in [1.29, 1.82) is 0 Å². The van der Waals surface area contributed by atoms with Gasteiger partial charge in [-0.2, -0.15) is 4.90 Å². The quantitative estimate of drug-likeness (QED) is 0.430. The number of pyridine rings is 1. The second-order valence-electron chi connectivity index (χ2n) is 1.78. The first kappa shape index (κ1) is 5.37. The molecule has 0 saturated carbocycles. The van der Waals surface area contributed by atoms with Gasteiger partial charge in [-0.05, 0) is 0 Å². The van der Waals surface area contributed by atoms with Crippen LogP contribution < -0.4 is 34.5 Å². The van der Waals surface area contributed by atoms with Gasteiger partial charge in [0.25, 0.3) is 0 Å². The molecule has 0 unspecified atom stereocenters. The second-order valence-corrected chi connectivity index (χ2v) is 2.60. The molecular weight excluding hydrogens is 203 g/mol. The van der Waals surface area contributed by atoms with Crippen molar-refractivity contribution in [2.45, 2.75) is 4.90 Å². The van der Waals surface area contributed by atoms with Crippen molar-refractivity contribution in [1.82, 2.24) is 4.98 Å². The summed E-state index contributed by atoms with van der Waals surface area (Å²) in [5.41, 5.74) is 0. The van der Waals surface area contributed by atoms with Gasteiger partial charge in [-0.3, -0.25) is 0 Å². The molecule has 60 valence electrons. The topological polar surface area (TPSA) is 16.1 Å². The van der Waals surface area contributed by atoms with Crippen molar-refractivity contribution in [3.8, 4) is 0 Å². The number of hydrogen-bond donors (Lipinski definition) is 0. The van der Waals surface area contributed by atoms with E-state index in [0.717, 1.165) is 0 Å². The summed E-state index contributed by atoms with van der Waals surface area (Å²) in [7, 11) is 0. The SMILES string of the molecule is [2H]C([2H])([2H])N(c1nccc([S-])c1Cl)C([2H])([2H])[2H].[Na+]. The van der Waals surface area contributed by atoms with Gasteiger partial charge in [0.05, 0.1) is 5.02 Å². The molecule has 0 aliphatic carbocycles. The van der Waals surface area contributed by atoms with Gasteiger partial charge in [0.15, 0.2) is 0 Å². The average Bonchev–Trinajstić information content (AvgIpc) is 2.08. The van der Waals surface area contributed by atoms with Crippen LogP contribution in [-0.2, 0) is 12.6 Å². The fourth-order valence-electron chi connectivity index (χ4n) is 0.571. The predicted octanol–water partition coefficient (Wildman–Crippen LogP) is -1.29. The van der Waals surface area contributed by atoms with Crippen molar-refractivity contribution in [3.05, 3.63) is 17.3 Å². The molecule has 5 heteroatoms. The molecule has 2 nitrogen and oxygen atoms in total. The third-order valence-electron chi connectivity index (χ3n) is 1.05. The zero-order valence-corrected chi connectivity index (χ0v) is 9.91. The first-order valence-corrected chi connectivity index (χ1v) is 3.45. The zero-order chi connectivity index (χ0) is 13.4. The van der Waals surface area contributed by atoms with Gasteiger partial charge >= 0.3 is 29.6 Å². The minimum absolute atomic E-state index is 0. The predicted molar refractivity (Wildman–Crippen MR) is 49.2 cm³/mol. The molecule has 12 heavy (non-hydrogen) atoms. The van der Waals surface area contributed by atoms with E-state index in [4.69, 9.17) is 32.5 Å². The minimum Gasteiger partial charge on any atom is -0.778 e. The maximum Gasteiger partial charge on any atom is 1.00 e. The molecule has 1 aromatic heterocycles. The molecule has 0 fully saturated rings. The number of hydrogen-bond acceptors (Lipinski definition) is 3. The zero-order valence-electron chi connectivity index (χ0n) is 12.3. The smallest absolute Gasteiger partial charge is 0.778 e. The number of rotatable bonds is 1. The van der Waals surface area contributed by atoms with Crippen LogP contribution in [0.5, 0.6) is 0 Å². The van der Waals surface area contributed by atoms with Crippen LogP contribution in [0.4, 0.5) is 5.82 Å². The molecule has 0 atom stereocenters. The van der Waals surface area contributed by atoms with E-state index < -0.39 is 14.0 Å². The first-order chi connectivity index (χ1) is 7.55. The molecule has 0 aliphatic heterocycles. The van der Waals surface area contributed by atoms with E-state index in [1.165, 1.54) is 12.3 Å². The van der Waals surface area contributed by atoms with Crippen LogP contribution in [-0.4, -0.2) is 18.9 Å². The Balaban J connectivity index is 0.00000289. The molecule has 0 aromatic carbocycles. The molecule has 1 rings (SSSR count). The summed E-state index contributed by atoms with van der Waals surface area (Å²) >= 11 is 10.6. The summed E-state index contributed by atoms with van der Waals surface area (Å²) in [4.78, 5) is 4.03. The van der Waals surface area contributed by atoms with Crippen LogP contribution in [0.25, 0.3) is 0 Å². The van der Waals surface area contributed by atoms with Crippen molar-refractivity contribution in [2.24, 2.45) is 0 Å². The number of halogens is 1. The number of nitrogens with zero attached hydrogens (tertiary/aromatic N) is 2. The third-order valence-corrected chi connectivity index (χ3v) is 1.87. The normalized spacial score (nSPS) is 18.4. The maximum atomic E-state index is 7.22. The fraction of sp³-hybridized carbons (Fsp3) is 0.286. The van der Waals surface area contributed by atoms with Crippen LogP contribution in [0.1, 0.15) is 8.22 Å². The van der Waals surface area contributed by atoms with E-state index in [9.17, 15) is 0 Å². The Morgan fingerprint density at radius 1 is 1.67 bits per heavy atom. The molecule has 0 aliphatic rings. The van der Waals surface area contributed by atoms with Gasteiger partial charge in [-0.15, -0.1) is 0 Å². The summed E-state index contributed by atoms with van der Waals surface area (Å²) in [5, 5.41) is -0.158. The molecule has 0 N–H and O–H groups in total. The molecule has 1 heterocycles. The summed E-state index contributed by atoms with van der Waals surface area (Å²) in [5.74, 6) is -0.362. The second kappa shape index (κ2) is 5.25. The summed E-state index contributed by atoms with van der Waals surface area (Å²) in [6.45, 7) is -5.77. The van der Waals surface area contributed by atoms with Crippen molar-refractivity contribution < 1.29 is 37.8 Å². The molecule has 0 saturated heterocycles. The average molecular weight is 217 g/mol. The van der Waals surface area contributed by atoms with Crippen molar-refractivity contribution in [2.75, 3.05) is 18.9 Å². The summed E-state index contributed by atoms with van der Waals surface area (Å²) < 4.78 is 43.3. The van der Waals surface area contributed by atoms with Crippen molar-refractivity contribution >= 4 is 30.0 Å². The summed E-state index contributed by atoms with van der Waals surface area (Å²) in [6.07, 6.45) is 1.22.